The van der Waals surface area contributed by atoms with Gasteiger partial charge >= 0.3 is 0 Å². The van der Waals surface area contributed by atoms with Crippen molar-refractivity contribution in [3.05, 3.63) is 31.4 Å². The van der Waals surface area contributed by atoms with E-state index in [0.29, 0.717) is 23.8 Å². The zero-order valence-corrected chi connectivity index (χ0v) is 7.69. The van der Waals surface area contributed by atoms with Gasteiger partial charge in [0.05, 0.1) is 0 Å². The Morgan fingerprint density at radius 3 is 1.71 bits per heavy atom. The minimum absolute atomic E-state index is 0.00847. The summed E-state index contributed by atoms with van der Waals surface area (Å²) in [6, 6.07) is 0. The van der Waals surface area contributed by atoms with E-state index in [0.717, 1.165) is 12.8 Å². The van der Waals surface area contributed by atoms with Crippen molar-refractivity contribution in [2.24, 2.45) is 0 Å². The Bertz CT molecular complexity index is 576. The number of nitrogens with zero attached hydrogens (tertiary/aromatic N) is 2. The molecule has 3 rings (SSSR count). The van der Waals surface area contributed by atoms with Crippen LogP contribution in [-0.4, -0.2) is 9.13 Å². The molecule has 0 spiro atoms. The first-order chi connectivity index (χ1) is 6.79. The highest BCUT2D eigenvalue weighted by Crippen LogP contribution is 1.93. The predicted octanol–water partition coefficient (Wildman–Crippen LogP) is -1.62. The van der Waals surface area contributed by atoms with Crippen molar-refractivity contribution in [3.8, 4) is 0 Å². The van der Waals surface area contributed by atoms with Gasteiger partial charge in [-0.05, 0) is 12.8 Å². The lowest BCUT2D eigenvalue weighted by atomic mass is 10.4. The average molecular weight is 190 g/mol. The van der Waals surface area contributed by atoms with Crippen LogP contribution >= 0.6 is 0 Å². The van der Waals surface area contributed by atoms with Crippen molar-refractivity contribution in [1.29, 1.82) is 0 Å². The molecule has 14 heavy (non-hydrogen) atoms. The van der Waals surface area contributed by atoms with Gasteiger partial charge in [0, 0.05) is 13.1 Å². The van der Waals surface area contributed by atoms with Crippen LogP contribution in [0, 0.1) is 0 Å². The summed E-state index contributed by atoms with van der Waals surface area (Å²) < 4.78 is 3.19. The quantitative estimate of drug-likeness (QED) is 0.493. The average Bonchev–Trinajstić information content (AvgIpc) is 2.82. The molecule has 0 radical (unpaired) electrons. The van der Waals surface area contributed by atoms with Crippen LogP contribution in [-0.2, 0) is 13.1 Å². The van der Waals surface area contributed by atoms with E-state index in [-0.39, 0.29) is 11.1 Å². The maximum atomic E-state index is 11.9. The zero-order valence-electron chi connectivity index (χ0n) is 7.69. The molecule has 0 saturated carbocycles. The predicted molar refractivity (Wildman–Crippen MR) is 52.4 cm³/mol. The molecule has 0 aromatic carbocycles. The van der Waals surface area contributed by atoms with Crippen molar-refractivity contribution in [3.63, 3.8) is 0 Å². The molecular formula is C10H10N2O2. The topological polar surface area (TPSA) is 44.0 Å². The molecule has 2 aliphatic heterocycles. The molecule has 0 saturated heterocycles. The molecule has 3 heterocycles. The molecule has 72 valence electrons. The van der Waals surface area contributed by atoms with Crippen LogP contribution in [0.4, 0.5) is 0 Å². The number of aromatic nitrogens is 2. The van der Waals surface area contributed by atoms with Gasteiger partial charge in [0.2, 0.25) is 0 Å². The Labute approximate surface area is 79.4 Å². The summed E-state index contributed by atoms with van der Waals surface area (Å²) in [5.41, 5.74) is -0.0169. The third kappa shape index (κ3) is 0.780. The fourth-order valence-corrected chi connectivity index (χ4v) is 2.23. The molecule has 0 unspecified atom stereocenters. The van der Waals surface area contributed by atoms with Crippen molar-refractivity contribution in [2.45, 2.75) is 25.9 Å². The van der Waals surface area contributed by atoms with Crippen LogP contribution in [0.5, 0.6) is 0 Å². The van der Waals surface area contributed by atoms with E-state index in [2.05, 4.69) is 0 Å². The molecule has 4 nitrogen and oxygen atoms in total. The highest BCUT2D eigenvalue weighted by molar-refractivity contribution is 5.27. The van der Waals surface area contributed by atoms with Crippen LogP contribution in [0.2, 0.25) is 0 Å². The van der Waals surface area contributed by atoms with Gasteiger partial charge in [-0.3, -0.25) is 9.59 Å². The fraction of sp³-hybridized carbons (Fsp3) is 0.400. The molecule has 0 N–H and O–H groups in total. The summed E-state index contributed by atoms with van der Waals surface area (Å²) >= 11 is 0. The third-order valence-corrected chi connectivity index (χ3v) is 2.89. The van der Waals surface area contributed by atoms with E-state index >= 15 is 0 Å². The van der Waals surface area contributed by atoms with Crippen LogP contribution in [0.1, 0.15) is 12.8 Å². The molecule has 0 bridgehead atoms. The molecule has 0 aliphatic carbocycles. The Morgan fingerprint density at radius 1 is 0.857 bits per heavy atom. The van der Waals surface area contributed by atoms with E-state index < -0.39 is 0 Å². The van der Waals surface area contributed by atoms with Crippen molar-refractivity contribution >= 4 is 12.2 Å². The molecule has 4 heteroatoms. The molecule has 1 aromatic heterocycles. The van der Waals surface area contributed by atoms with Gasteiger partial charge in [-0.2, -0.15) is 0 Å². The van der Waals surface area contributed by atoms with Gasteiger partial charge in [0.15, 0.2) is 0 Å². The van der Waals surface area contributed by atoms with Crippen LogP contribution in [0.25, 0.3) is 12.2 Å². The second-order valence-corrected chi connectivity index (χ2v) is 3.67. The van der Waals surface area contributed by atoms with Gasteiger partial charge in [0.25, 0.3) is 11.1 Å². The van der Waals surface area contributed by atoms with E-state index in [1.165, 1.54) is 0 Å². The fourth-order valence-electron chi connectivity index (χ4n) is 2.23. The first-order valence-electron chi connectivity index (χ1n) is 4.83. The van der Waals surface area contributed by atoms with Crippen molar-refractivity contribution < 1.29 is 0 Å². The Kier molecular flexibility index (Phi) is 1.37. The van der Waals surface area contributed by atoms with Crippen molar-refractivity contribution in [1.82, 2.24) is 9.13 Å². The number of rotatable bonds is 0. The van der Waals surface area contributed by atoms with Crippen molar-refractivity contribution in [2.75, 3.05) is 0 Å². The smallest absolute Gasteiger partial charge is 0.274 e. The van der Waals surface area contributed by atoms with Gasteiger partial charge < -0.3 is 9.13 Å². The summed E-state index contributed by atoms with van der Waals surface area (Å²) in [5.74, 6) is 0. The number of hydrogen-bond donors (Lipinski definition) is 0. The second kappa shape index (κ2) is 2.47. The highest BCUT2D eigenvalue weighted by Gasteiger charge is 2.15. The van der Waals surface area contributed by atoms with Crippen LogP contribution < -0.4 is 21.8 Å². The number of hydrogen-bond acceptors (Lipinski definition) is 2. The summed E-state index contributed by atoms with van der Waals surface area (Å²) in [6.45, 7) is 1.32. The maximum Gasteiger partial charge on any atom is 0.274 e. The zero-order chi connectivity index (χ0) is 9.71. The molecule has 0 atom stereocenters. The summed E-state index contributed by atoms with van der Waals surface area (Å²) in [4.78, 5) is 23.7. The maximum absolute atomic E-state index is 11.9. The Balaban J connectivity index is 2.67. The molecule has 2 aliphatic rings. The summed E-state index contributed by atoms with van der Waals surface area (Å²) in [7, 11) is 0. The van der Waals surface area contributed by atoms with Gasteiger partial charge in [-0.1, -0.05) is 12.2 Å². The lowest BCUT2D eigenvalue weighted by Gasteiger charge is -2.02. The number of fused-ring (bicyclic) bond motifs is 2. The molecule has 0 amide bonds. The largest absolute Gasteiger partial charge is 0.302 e. The van der Waals surface area contributed by atoms with Gasteiger partial charge in [-0.25, -0.2) is 0 Å². The monoisotopic (exact) mass is 190 g/mol. The van der Waals surface area contributed by atoms with E-state index in [9.17, 15) is 9.59 Å². The van der Waals surface area contributed by atoms with Gasteiger partial charge in [-0.15, -0.1) is 0 Å². The normalized spacial score (nSPS) is 17.1. The Hall–Kier alpha value is -1.58. The third-order valence-electron chi connectivity index (χ3n) is 2.89. The second-order valence-electron chi connectivity index (χ2n) is 3.67. The summed E-state index contributed by atoms with van der Waals surface area (Å²) in [5, 5.41) is 1.16. The van der Waals surface area contributed by atoms with E-state index in [4.69, 9.17) is 0 Å². The first-order valence-corrected chi connectivity index (χ1v) is 4.83. The summed E-state index contributed by atoms with van der Waals surface area (Å²) in [6.07, 6.45) is 5.31. The standard InChI is InChI=1S/C10H10N2O2/c13-9-7-3-1-5-11(7)10(14)8-4-2-6-12(8)9/h3-4H,1-2,5-6H2. The molecular weight excluding hydrogens is 180 g/mol. The van der Waals surface area contributed by atoms with E-state index in [1.54, 1.807) is 9.13 Å². The SMILES string of the molecule is O=c1c2n(c(=O)c3n1CCC=3)CCC=2. The highest BCUT2D eigenvalue weighted by atomic mass is 16.1. The lowest BCUT2D eigenvalue weighted by molar-refractivity contribution is 0.620. The van der Waals surface area contributed by atoms with Crippen LogP contribution in [0.15, 0.2) is 9.59 Å². The van der Waals surface area contributed by atoms with Gasteiger partial charge in [0.1, 0.15) is 10.7 Å². The Morgan fingerprint density at radius 2 is 1.29 bits per heavy atom. The molecule has 0 fully saturated rings. The van der Waals surface area contributed by atoms with E-state index in [1.807, 2.05) is 12.2 Å². The minimum atomic E-state index is -0.00847. The first kappa shape index (κ1) is 7.79. The minimum Gasteiger partial charge on any atom is -0.302 e. The van der Waals surface area contributed by atoms with Crippen LogP contribution in [0.3, 0.4) is 0 Å². The molecule has 1 aromatic rings. The lowest BCUT2D eigenvalue weighted by Crippen LogP contribution is -2.55.